The number of ether oxygens (including phenoxy) is 1. The maximum atomic E-state index is 9.18. The molecule has 1 saturated heterocycles. The summed E-state index contributed by atoms with van der Waals surface area (Å²) in [6.07, 6.45) is 3.78. The van der Waals surface area contributed by atoms with E-state index in [-0.39, 0.29) is 12.0 Å². The molecule has 2 heterocycles. The largest absolute Gasteiger partial charge is 0.396 e. The van der Waals surface area contributed by atoms with Gasteiger partial charge in [0.2, 0.25) is 0 Å². The lowest BCUT2D eigenvalue weighted by atomic mass is 9.87. The summed E-state index contributed by atoms with van der Waals surface area (Å²) in [6.45, 7) is 2.19. The first kappa shape index (κ1) is 9.42. The lowest BCUT2D eigenvalue weighted by molar-refractivity contribution is -0.146. The van der Waals surface area contributed by atoms with Crippen molar-refractivity contribution in [3.05, 3.63) is 16.0 Å². The highest BCUT2D eigenvalue weighted by molar-refractivity contribution is 14.1. The molecule has 2 rings (SSSR count). The molecule has 0 atom stereocenters. The van der Waals surface area contributed by atoms with Crippen molar-refractivity contribution in [1.29, 1.82) is 0 Å². The van der Waals surface area contributed by atoms with Gasteiger partial charge in [-0.15, -0.1) is 0 Å². The van der Waals surface area contributed by atoms with Crippen LogP contribution in [0.1, 0.15) is 0 Å². The number of nitrogens with zero attached hydrogens (tertiary/aromatic N) is 2. The maximum Gasteiger partial charge on any atom is 0.0623 e. The van der Waals surface area contributed by atoms with Crippen LogP contribution in [0.5, 0.6) is 0 Å². The SMILES string of the molecule is OCC1(Cn2cc(I)cn2)COC1. The summed E-state index contributed by atoms with van der Waals surface area (Å²) in [6, 6.07) is 0. The Bertz CT molecular complexity index is 291. The van der Waals surface area contributed by atoms with Crippen molar-refractivity contribution in [3.8, 4) is 0 Å². The van der Waals surface area contributed by atoms with Gasteiger partial charge >= 0.3 is 0 Å². The number of halogens is 1. The van der Waals surface area contributed by atoms with Crippen LogP contribution in [0.25, 0.3) is 0 Å². The predicted molar refractivity (Wildman–Crippen MR) is 55.3 cm³/mol. The van der Waals surface area contributed by atoms with Gasteiger partial charge in [0.25, 0.3) is 0 Å². The Morgan fingerprint density at radius 2 is 2.46 bits per heavy atom. The fourth-order valence-electron chi connectivity index (χ4n) is 1.39. The highest BCUT2D eigenvalue weighted by Gasteiger charge is 2.38. The highest BCUT2D eigenvalue weighted by atomic mass is 127. The second-order valence-corrected chi connectivity index (χ2v) is 4.75. The van der Waals surface area contributed by atoms with Gasteiger partial charge in [-0.2, -0.15) is 5.10 Å². The number of aliphatic hydroxyl groups is 1. The van der Waals surface area contributed by atoms with Gasteiger partial charge in [-0.25, -0.2) is 0 Å². The van der Waals surface area contributed by atoms with Crippen molar-refractivity contribution in [1.82, 2.24) is 9.78 Å². The van der Waals surface area contributed by atoms with Crippen molar-refractivity contribution in [2.75, 3.05) is 19.8 Å². The van der Waals surface area contributed by atoms with E-state index in [1.807, 2.05) is 17.1 Å². The van der Waals surface area contributed by atoms with Crippen LogP contribution in [0.15, 0.2) is 12.4 Å². The molecule has 72 valence electrons. The zero-order valence-corrected chi connectivity index (χ0v) is 9.27. The van der Waals surface area contributed by atoms with Crippen LogP contribution in [0.3, 0.4) is 0 Å². The van der Waals surface area contributed by atoms with Gasteiger partial charge in [0.15, 0.2) is 0 Å². The normalized spacial score (nSPS) is 19.8. The third kappa shape index (κ3) is 1.87. The van der Waals surface area contributed by atoms with Gasteiger partial charge in [0.05, 0.1) is 41.5 Å². The van der Waals surface area contributed by atoms with Crippen LogP contribution in [-0.4, -0.2) is 34.7 Å². The van der Waals surface area contributed by atoms with Crippen LogP contribution in [0.2, 0.25) is 0 Å². The van der Waals surface area contributed by atoms with E-state index in [9.17, 15) is 5.11 Å². The predicted octanol–water partition coefficient (Wildman–Crippen LogP) is 0.497. The Kier molecular flexibility index (Phi) is 2.57. The molecule has 1 aromatic heterocycles. The Morgan fingerprint density at radius 1 is 1.69 bits per heavy atom. The van der Waals surface area contributed by atoms with E-state index in [2.05, 4.69) is 27.7 Å². The maximum absolute atomic E-state index is 9.18. The molecule has 1 fully saturated rings. The molecule has 0 aliphatic carbocycles. The van der Waals surface area contributed by atoms with E-state index in [1.54, 1.807) is 0 Å². The highest BCUT2D eigenvalue weighted by Crippen LogP contribution is 2.28. The first-order valence-electron chi connectivity index (χ1n) is 4.11. The molecule has 1 aliphatic heterocycles. The fraction of sp³-hybridized carbons (Fsp3) is 0.625. The molecule has 0 amide bonds. The molecule has 5 heteroatoms. The number of hydrogen-bond acceptors (Lipinski definition) is 3. The van der Waals surface area contributed by atoms with Crippen molar-refractivity contribution in [2.24, 2.45) is 5.41 Å². The average molecular weight is 294 g/mol. The van der Waals surface area contributed by atoms with Gasteiger partial charge in [-0.05, 0) is 22.6 Å². The molecule has 0 radical (unpaired) electrons. The standard InChI is InChI=1S/C8H11IN2O2/c9-7-1-10-11(2-7)3-8(4-12)5-13-6-8/h1-2,12H,3-6H2. The van der Waals surface area contributed by atoms with Crippen molar-refractivity contribution in [3.63, 3.8) is 0 Å². The molecule has 1 N–H and O–H groups in total. The molecular weight excluding hydrogens is 283 g/mol. The minimum atomic E-state index is -0.0882. The molecular formula is C8H11IN2O2. The van der Waals surface area contributed by atoms with Crippen molar-refractivity contribution >= 4 is 22.6 Å². The van der Waals surface area contributed by atoms with Gasteiger partial charge in [0.1, 0.15) is 0 Å². The molecule has 13 heavy (non-hydrogen) atoms. The van der Waals surface area contributed by atoms with Crippen molar-refractivity contribution < 1.29 is 9.84 Å². The molecule has 0 unspecified atom stereocenters. The van der Waals surface area contributed by atoms with Crippen LogP contribution < -0.4 is 0 Å². The van der Waals surface area contributed by atoms with Gasteiger partial charge in [0, 0.05) is 6.20 Å². The summed E-state index contributed by atoms with van der Waals surface area (Å²) in [5.41, 5.74) is -0.0882. The Morgan fingerprint density at radius 3 is 2.85 bits per heavy atom. The first-order valence-corrected chi connectivity index (χ1v) is 5.19. The zero-order valence-electron chi connectivity index (χ0n) is 7.11. The van der Waals surface area contributed by atoms with Gasteiger partial charge < -0.3 is 9.84 Å². The molecule has 1 aromatic rings. The Hall–Kier alpha value is -0.140. The second kappa shape index (κ2) is 3.55. The lowest BCUT2D eigenvalue weighted by Gasteiger charge is -2.39. The summed E-state index contributed by atoms with van der Waals surface area (Å²) in [5.74, 6) is 0. The topological polar surface area (TPSA) is 47.3 Å². The quantitative estimate of drug-likeness (QED) is 0.826. The number of rotatable bonds is 3. The average Bonchev–Trinajstić information content (AvgIpc) is 2.44. The molecule has 0 aromatic carbocycles. The summed E-state index contributed by atoms with van der Waals surface area (Å²) < 4.78 is 8.08. The van der Waals surface area contributed by atoms with E-state index in [1.165, 1.54) is 0 Å². The minimum Gasteiger partial charge on any atom is -0.396 e. The summed E-state index contributed by atoms with van der Waals surface area (Å²) >= 11 is 2.22. The molecule has 0 saturated carbocycles. The van der Waals surface area contributed by atoms with Gasteiger partial charge in [-0.3, -0.25) is 4.68 Å². The Balaban J connectivity index is 2.04. The monoisotopic (exact) mass is 294 g/mol. The summed E-state index contributed by atoms with van der Waals surface area (Å²) in [5, 5.41) is 13.4. The van der Waals surface area contributed by atoms with E-state index in [0.717, 1.165) is 10.1 Å². The van der Waals surface area contributed by atoms with E-state index in [4.69, 9.17) is 4.74 Å². The van der Waals surface area contributed by atoms with Crippen LogP contribution in [0, 0.1) is 8.99 Å². The van der Waals surface area contributed by atoms with Crippen LogP contribution in [-0.2, 0) is 11.3 Å². The van der Waals surface area contributed by atoms with Crippen LogP contribution in [0.4, 0.5) is 0 Å². The molecule has 1 aliphatic rings. The second-order valence-electron chi connectivity index (χ2n) is 3.51. The van der Waals surface area contributed by atoms with Gasteiger partial charge in [-0.1, -0.05) is 0 Å². The smallest absolute Gasteiger partial charge is 0.0623 e. The Labute approximate surface area is 90.0 Å². The number of hydrogen-bond donors (Lipinski definition) is 1. The van der Waals surface area contributed by atoms with E-state index in [0.29, 0.717) is 13.2 Å². The lowest BCUT2D eigenvalue weighted by Crippen LogP contribution is -2.48. The van der Waals surface area contributed by atoms with Crippen molar-refractivity contribution in [2.45, 2.75) is 6.54 Å². The molecule has 0 bridgehead atoms. The van der Waals surface area contributed by atoms with E-state index >= 15 is 0 Å². The minimum absolute atomic E-state index is 0.0882. The van der Waals surface area contributed by atoms with Crippen LogP contribution >= 0.6 is 22.6 Å². The number of aliphatic hydroxyl groups excluding tert-OH is 1. The summed E-state index contributed by atoms with van der Waals surface area (Å²) in [4.78, 5) is 0. The first-order chi connectivity index (χ1) is 6.24. The molecule has 0 spiro atoms. The number of aromatic nitrogens is 2. The third-order valence-electron chi connectivity index (χ3n) is 2.25. The van der Waals surface area contributed by atoms with E-state index < -0.39 is 0 Å². The summed E-state index contributed by atoms with van der Waals surface area (Å²) in [7, 11) is 0. The zero-order chi connectivity index (χ0) is 9.31. The third-order valence-corrected chi connectivity index (χ3v) is 2.81. The fourth-order valence-corrected chi connectivity index (χ4v) is 1.84. The molecule has 4 nitrogen and oxygen atoms in total.